The Morgan fingerprint density at radius 2 is 1.78 bits per heavy atom. The van der Waals surface area contributed by atoms with Gasteiger partial charge < -0.3 is 10.0 Å². The van der Waals surface area contributed by atoms with Crippen molar-refractivity contribution in [2.24, 2.45) is 0 Å². The molecular formula is C14H14BBrO2. The van der Waals surface area contributed by atoms with E-state index in [-0.39, 0.29) is 0 Å². The van der Waals surface area contributed by atoms with Gasteiger partial charge in [-0.2, -0.15) is 0 Å². The topological polar surface area (TPSA) is 40.5 Å². The highest BCUT2D eigenvalue weighted by molar-refractivity contribution is 9.24. The molecule has 4 heteroatoms. The zero-order valence-electron chi connectivity index (χ0n) is 9.88. The fraction of sp³-hybridized carbons (Fsp3) is 0.143. The van der Waals surface area contributed by atoms with Crippen molar-refractivity contribution < 1.29 is 10.0 Å². The van der Waals surface area contributed by atoms with Crippen LogP contribution < -0.4 is 0 Å². The highest BCUT2D eigenvalue weighted by atomic mass is 79.9. The average Bonchev–Trinajstić information content (AvgIpc) is 2.38. The van der Waals surface area contributed by atoms with Gasteiger partial charge in [0.1, 0.15) is 0 Å². The third-order valence-corrected chi connectivity index (χ3v) is 2.93. The second kappa shape index (κ2) is 6.18. The van der Waals surface area contributed by atoms with Crippen LogP contribution in [-0.2, 0) is 6.42 Å². The second-order valence-electron chi connectivity index (χ2n) is 4.11. The van der Waals surface area contributed by atoms with E-state index in [4.69, 9.17) is 10.0 Å². The summed E-state index contributed by atoms with van der Waals surface area (Å²) in [7, 11) is 0. The number of halogens is 1. The van der Waals surface area contributed by atoms with Crippen LogP contribution in [0.15, 0.2) is 42.5 Å². The fourth-order valence-corrected chi connectivity index (χ4v) is 2.20. The molecule has 0 radical (unpaired) electrons. The summed E-state index contributed by atoms with van der Waals surface area (Å²) in [4.78, 5) is 0. The van der Waals surface area contributed by atoms with Crippen LogP contribution in [0.5, 0.6) is 0 Å². The van der Waals surface area contributed by atoms with Crippen LogP contribution >= 0.6 is 15.8 Å². The number of hydrogen-bond acceptors (Lipinski definition) is 2. The van der Waals surface area contributed by atoms with Crippen LogP contribution in [0.4, 0.5) is 0 Å². The first kappa shape index (κ1) is 13.3. The van der Waals surface area contributed by atoms with E-state index in [1.165, 1.54) is 34.7 Å². The summed E-state index contributed by atoms with van der Waals surface area (Å²) in [5.41, 5.74) is 2.92. The van der Waals surface area contributed by atoms with Crippen LogP contribution in [-0.4, -0.2) is 16.0 Å². The minimum atomic E-state index is -1.35. The number of rotatable bonds is 0. The molecule has 2 nitrogen and oxygen atoms in total. The molecule has 0 heterocycles. The summed E-state index contributed by atoms with van der Waals surface area (Å²) < 4.78 is 0. The van der Waals surface area contributed by atoms with E-state index in [2.05, 4.69) is 64.3 Å². The molecular weight excluding hydrogens is 291 g/mol. The van der Waals surface area contributed by atoms with E-state index >= 15 is 0 Å². The molecule has 2 aromatic carbocycles. The molecule has 0 amide bonds. The van der Waals surface area contributed by atoms with Gasteiger partial charge in [-0.05, 0) is 34.7 Å². The standard InChI is InChI=1S/C14H12.BBrH2O2/c1-3-7-13-11(5-1)9-10-12-6-2-4-8-14(12)13;2-1(3)4/h1,3-5,7-10H,2,6H2;3-4H. The number of benzene rings is 2. The molecule has 0 saturated heterocycles. The van der Waals surface area contributed by atoms with E-state index in [1.54, 1.807) is 0 Å². The first-order valence-electron chi connectivity index (χ1n) is 5.86. The lowest BCUT2D eigenvalue weighted by Gasteiger charge is -2.12. The summed E-state index contributed by atoms with van der Waals surface area (Å²) in [6.07, 6.45) is 6.91. The minimum Gasteiger partial charge on any atom is -0.418 e. The highest BCUT2D eigenvalue weighted by Gasteiger charge is 2.06. The van der Waals surface area contributed by atoms with Gasteiger partial charge in [-0.15, -0.1) is 0 Å². The van der Waals surface area contributed by atoms with Crippen molar-refractivity contribution in [2.45, 2.75) is 12.8 Å². The van der Waals surface area contributed by atoms with Gasteiger partial charge in [-0.1, -0.05) is 64.3 Å². The number of fused-ring (bicyclic) bond motifs is 3. The summed E-state index contributed by atoms with van der Waals surface area (Å²) in [6.45, 7) is 0. The lowest BCUT2D eigenvalue weighted by molar-refractivity contribution is 0.440. The minimum absolute atomic E-state index is 1.19. The molecule has 0 atom stereocenters. The molecule has 1 aliphatic carbocycles. The maximum atomic E-state index is 7.53. The molecule has 1 aliphatic rings. The monoisotopic (exact) mass is 304 g/mol. The van der Waals surface area contributed by atoms with Crippen LogP contribution in [0.3, 0.4) is 0 Å². The normalized spacial score (nSPS) is 12.6. The van der Waals surface area contributed by atoms with E-state index < -0.39 is 5.94 Å². The van der Waals surface area contributed by atoms with Crippen LogP contribution in [0, 0.1) is 0 Å². The van der Waals surface area contributed by atoms with Crippen LogP contribution in [0.2, 0.25) is 0 Å². The molecule has 92 valence electrons. The van der Waals surface area contributed by atoms with E-state index in [0.29, 0.717) is 0 Å². The maximum Gasteiger partial charge on any atom is 0.533 e. The van der Waals surface area contributed by atoms with Gasteiger partial charge in [0.2, 0.25) is 0 Å². The highest BCUT2D eigenvalue weighted by Crippen LogP contribution is 2.27. The molecule has 2 aromatic rings. The Morgan fingerprint density at radius 1 is 1.06 bits per heavy atom. The number of hydrogen-bond donors (Lipinski definition) is 2. The lowest BCUT2D eigenvalue weighted by Crippen LogP contribution is -1.95. The van der Waals surface area contributed by atoms with Gasteiger partial charge >= 0.3 is 5.94 Å². The molecule has 2 N–H and O–H groups in total. The summed E-state index contributed by atoms with van der Waals surface area (Å²) in [5, 5.41) is 17.8. The predicted octanol–water partition coefficient (Wildman–Crippen LogP) is 3.15. The lowest BCUT2D eigenvalue weighted by atomic mass is 9.92. The number of allylic oxidation sites excluding steroid dienone is 1. The molecule has 0 aromatic heterocycles. The maximum absolute atomic E-state index is 7.53. The molecule has 0 unspecified atom stereocenters. The van der Waals surface area contributed by atoms with Crippen molar-refractivity contribution in [1.29, 1.82) is 0 Å². The fourth-order valence-electron chi connectivity index (χ4n) is 2.20. The van der Waals surface area contributed by atoms with E-state index in [0.717, 1.165) is 0 Å². The van der Waals surface area contributed by atoms with Crippen LogP contribution in [0.25, 0.3) is 16.8 Å². The Labute approximate surface area is 115 Å². The van der Waals surface area contributed by atoms with E-state index in [9.17, 15) is 0 Å². The largest absolute Gasteiger partial charge is 0.533 e. The van der Waals surface area contributed by atoms with Gasteiger partial charge in [0.15, 0.2) is 0 Å². The van der Waals surface area contributed by atoms with Crippen molar-refractivity contribution in [3.63, 3.8) is 0 Å². The summed E-state index contributed by atoms with van der Waals surface area (Å²) in [5.74, 6) is -1.35. The molecule has 0 bridgehead atoms. The Bertz CT molecular complexity index is 564. The van der Waals surface area contributed by atoms with Crippen molar-refractivity contribution in [2.75, 3.05) is 0 Å². The zero-order chi connectivity index (χ0) is 13.0. The molecule has 0 fully saturated rings. The number of aryl methyl sites for hydroxylation is 1. The molecule has 3 rings (SSSR count). The SMILES string of the molecule is C1=Cc2c(ccc3ccccc23)CC1.OB(O)Br. The molecule has 18 heavy (non-hydrogen) atoms. The van der Waals surface area contributed by atoms with Gasteiger partial charge in [0, 0.05) is 0 Å². The summed E-state index contributed by atoms with van der Waals surface area (Å²) in [6, 6.07) is 13.1. The van der Waals surface area contributed by atoms with Crippen molar-refractivity contribution in [1.82, 2.24) is 0 Å². The molecule has 0 spiro atoms. The van der Waals surface area contributed by atoms with Gasteiger partial charge in [0.05, 0.1) is 0 Å². The first-order chi connectivity index (χ1) is 8.68. The molecule has 0 aliphatic heterocycles. The smallest absolute Gasteiger partial charge is 0.418 e. The second-order valence-corrected chi connectivity index (χ2v) is 4.93. The third-order valence-electron chi connectivity index (χ3n) is 2.93. The Kier molecular flexibility index (Phi) is 4.58. The van der Waals surface area contributed by atoms with Crippen LogP contribution in [0.1, 0.15) is 17.5 Å². The van der Waals surface area contributed by atoms with Gasteiger partial charge in [-0.25, -0.2) is 0 Å². The zero-order valence-corrected chi connectivity index (χ0v) is 11.5. The quantitative estimate of drug-likeness (QED) is 0.734. The molecule has 0 saturated carbocycles. The summed E-state index contributed by atoms with van der Waals surface area (Å²) >= 11 is 2.38. The van der Waals surface area contributed by atoms with Gasteiger partial charge in [-0.3, -0.25) is 0 Å². The predicted molar refractivity (Wildman–Crippen MR) is 80.4 cm³/mol. The Balaban J connectivity index is 0.000000267. The van der Waals surface area contributed by atoms with E-state index in [1.807, 2.05) is 0 Å². The third kappa shape index (κ3) is 3.22. The average molecular weight is 305 g/mol. The first-order valence-corrected chi connectivity index (χ1v) is 6.77. The van der Waals surface area contributed by atoms with Crippen molar-refractivity contribution in [3.05, 3.63) is 53.6 Å². The Morgan fingerprint density at radius 3 is 2.56 bits per heavy atom. The Hall–Kier alpha value is -1.10. The van der Waals surface area contributed by atoms with Gasteiger partial charge in [0.25, 0.3) is 0 Å². The van der Waals surface area contributed by atoms with Crippen molar-refractivity contribution >= 4 is 38.5 Å². The van der Waals surface area contributed by atoms with Crippen molar-refractivity contribution in [3.8, 4) is 0 Å².